The Morgan fingerprint density at radius 2 is 1.62 bits per heavy atom. The van der Waals surface area contributed by atoms with Crippen molar-refractivity contribution in [2.24, 2.45) is 0 Å². The van der Waals surface area contributed by atoms with Crippen LogP contribution < -0.4 is 5.32 Å². The van der Waals surface area contributed by atoms with Crippen molar-refractivity contribution in [1.29, 1.82) is 0 Å². The zero-order valence-corrected chi connectivity index (χ0v) is 12.4. The van der Waals surface area contributed by atoms with Crippen molar-refractivity contribution in [1.82, 2.24) is 15.1 Å². The van der Waals surface area contributed by atoms with E-state index in [0.717, 1.165) is 56.5 Å². The van der Waals surface area contributed by atoms with Crippen LogP contribution in [0.25, 0.3) is 0 Å². The molecule has 0 radical (unpaired) electrons. The van der Waals surface area contributed by atoms with Crippen molar-refractivity contribution in [2.75, 3.05) is 19.6 Å². The number of amides is 4. The summed E-state index contributed by atoms with van der Waals surface area (Å²) in [5.74, 6) is -0.302. The summed E-state index contributed by atoms with van der Waals surface area (Å²) in [4.78, 5) is 39.8. The van der Waals surface area contributed by atoms with E-state index in [1.54, 1.807) is 4.90 Å². The molecular formula is C15H23N3O3. The van der Waals surface area contributed by atoms with Crippen LogP contribution in [0.1, 0.15) is 51.4 Å². The average molecular weight is 293 g/mol. The van der Waals surface area contributed by atoms with E-state index in [4.69, 9.17) is 0 Å². The Labute approximate surface area is 124 Å². The number of hydrogen-bond donors (Lipinski definition) is 1. The lowest BCUT2D eigenvalue weighted by Crippen LogP contribution is -2.46. The van der Waals surface area contributed by atoms with Crippen LogP contribution in [-0.4, -0.2) is 52.8 Å². The molecule has 0 aromatic rings. The number of likely N-dealkylation sites (tertiary alicyclic amines) is 1. The Bertz CT molecular complexity index is 449. The molecule has 0 aromatic carbocycles. The maximum absolute atomic E-state index is 12.5. The van der Waals surface area contributed by atoms with Crippen LogP contribution in [0.2, 0.25) is 0 Å². The molecule has 0 unspecified atom stereocenters. The first-order valence-electron chi connectivity index (χ1n) is 8.04. The third-order valence-corrected chi connectivity index (χ3v) is 4.96. The number of nitrogens with one attached hydrogen (secondary N) is 1. The molecule has 116 valence electrons. The van der Waals surface area contributed by atoms with E-state index in [1.807, 2.05) is 0 Å². The number of carbonyl (C=O) groups is 3. The van der Waals surface area contributed by atoms with E-state index in [1.165, 1.54) is 0 Å². The van der Waals surface area contributed by atoms with Gasteiger partial charge in [0.1, 0.15) is 12.1 Å². The highest BCUT2D eigenvalue weighted by atomic mass is 16.2. The van der Waals surface area contributed by atoms with Gasteiger partial charge in [-0.1, -0.05) is 25.7 Å². The molecule has 21 heavy (non-hydrogen) atoms. The first-order valence-corrected chi connectivity index (χ1v) is 8.04. The Hall–Kier alpha value is -1.59. The number of rotatable bonds is 2. The summed E-state index contributed by atoms with van der Waals surface area (Å²) in [6.07, 6.45) is 7.63. The third-order valence-electron chi connectivity index (χ3n) is 4.96. The van der Waals surface area contributed by atoms with Crippen molar-refractivity contribution in [3.8, 4) is 0 Å². The highest BCUT2D eigenvalue weighted by molar-refractivity contribution is 6.09. The zero-order valence-electron chi connectivity index (χ0n) is 12.4. The lowest BCUT2D eigenvalue weighted by atomic mass is 9.98. The van der Waals surface area contributed by atoms with Gasteiger partial charge in [-0.15, -0.1) is 0 Å². The molecule has 0 aromatic heterocycles. The minimum absolute atomic E-state index is 0.101. The minimum Gasteiger partial charge on any atom is -0.341 e. The SMILES string of the molecule is O=C(CN1C(=O)NC2(CCCC2)C1=O)N1CCCCCC1. The highest BCUT2D eigenvalue weighted by Crippen LogP contribution is 2.34. The maximum Gasteiger partial charge on any atom is 0.325 e. The second-order valence-corrected chi connectivity index (χ2v) is 6.41. The van der Waals surface area contributed by atoms with Crippen molar-refractivity contribution in [3.05, 3.63) is 0 Å². The molecule has 2 saturated heterocycles. The molecule has 3 fully saturated rings. The van der Waals surface area contributed by atoms with Gasteiger partial charge in [-0.2, -0.15) is 0 Å². The summed E-state index contributed by atoms with van der Waals surface area (Å²) >= 11 is 0. The molecule has 2 heterocycles. The molecule has 2 aliphatic heterocycles. The van der Waals surface area contributed by atoms with E-state index in [0.29, 0.717) is 12.8 Å². The van der Waals surface area contributed by atoms with E-state index < -0.39 is 11.6 Å². The summed E-state index contributed by atoms with van der Waals surface area (Å²) in [5.41, 5.74) is -0.712. The van der Waals surface area contributed by atoms with E-state index in [-0.39, 0.29) is 18.4 Å². The molecule has 3 aliphatic rings. The Balaban J connectivity index is 1.65. The van der Waals surface area contributed by atoms with Gasteiger partial charge in [-0.05, 0) is 25.7 Å². The average Bonchev–Trinajstić information content (AvgIpc) is 2.88. The smallest absolute Gasteiger partial charge is 0.325 e. The van der Waals surface area contributed by atoms with Gasteiger partial charge >= 0.3 is 6.03 Å². The Kier molecular flexibility index (Phi) is 3.87. The number of urea groups is 1. The molecule has 6 heteroatoms. The van der Waals surface area contributed by atoms with Crippen molar-refractivity contribution in [2.45, 2.75) is 56.9 Å². The van der Waals surface area contributed by atoms with Gasteiger partial charge < -0.3 is 10.2 Å². The first kappa shape index (κ1) is 14.4. The summed E-state index contributed by atoms with van der Waals surface area (Å²) in [6, 6.07) is -0.398. The number of hydrogen-bond acceptors (Lipinski definition) is 3. The minimum atomic E-state index is -0.712. The topological polar surface area (TPSA) is 69.7 Å². The van der Waals surface area contributed by atoms with Crippen LogP contribution >= 0.6 is 0 Å². The molecule has 1 spiro atoms. The van der Waals surface area contributed by atoms with Crippen LogP contribution in [0.4, 0.5) is 4.79 Å². The van der Waals surface area contributed by atoms with Crippen LogP contribution in [-0.2, 0) is 9.59 Å². The molecule has 6 nitrogen and oxygen atoms in total. The predicted octanol–water partition coefficient (Wildman–Crippen LogP) is 1.25. The number of carbonyl (C=O) groups excluding carboxylic acids is 3. The lowest BCUT2D eigenvalue weighted by Gasteiger charge is -2.23. The number of imide groups is 1. The summed E-state index contributed by atoms with van der Waals surface area (Å²) < 4.78 is 0. The van der Waals surface area contributed by atoms with Crippen molar-refractivity contribution in [3.63, 3.8) is 0 Å². The van der Waals surface area contributed by atoms with Crippen molar-refractivity contribution < 1.29 is 14.4 Å². The van der Waals surface area contributed by atoms with E-state index in [9.17, 15) is 14.4 Å². The quantitative estimate of drug-likeness (QED) is 0.779. The molecule has 3 rings (SSSR count). The van der Waals surface area contributed by atoms with E-state index in [2.05, 4.69) is 5.32 Å². The van der Waals surface area contributed by atoms with Gasteiger partial charge in [-0.3, -0.25) is 14.5 Å². The van der Waals surface area contributed by atoms with Crippen LogP contribution in [0, 0.1) is 0 Å². The fraction of sp³-hybridized carbons (Fsp3) is 0.800. The largest absolute Gasteiger partial charge is 0.341 e. The Morgan fingerprint density at radius 3 is 2.24 bits per heavy atom. The molecule has 1 aliphatic carbocycles. The molecule has 0 atom stereocenters. The normalized spacial score (nSPS) is 25.3. The Morgan fingerprint density at radius 1 is 1.00 bits per heavy atom. The third kappa shape index (κ3) is 2.63. The molecule has 1 saturated carbocycles. The summed E-state index contributed by atoms with van der Waals surface area (Å²) in [6.45, 7) is 1.38. The standard InChI is InChI=1S/C15H23N3O3/c19-12(17-9-5-1-2-6-10-17)11-18-13(20)15(16-14(18)21)7-3-4-8-15/h1-11H2,(H,16,21). The summed E-state index contributed by atoms with van der Waals surface area (Å²) in [7, 11) is 0. The van der Waals surface area contributed by atoms with Crippen molar-refractivity contribution >= 4 is 17.8 Å². The monoisotopic (exact) mass is 293 g/mol. The molecular weight excluding hydrogens is 270 g/mol. The van der Waals surface area contributed by atoms with Gasteiger partial charge in [0, 0.05) is 13.1 Å². The molecule has 1 N–H and O–H groups in total. The second kappa shape index (κ2) is 5.66. The number of nitrogens with zero attached hydrogens (tertiary/aromatic N) is 2. The fourth-order valence-electron chi connectivity index (χ4n) is 3.69. The van der Waals surface area contributed by atoms with Crippen LogP contribution in [0.15, 0.2) is 0 Å². The fourth-order valence-corrected chi connectivity index (χ4v) is 3.69. The second-order valence-electron chi connectivity index (χ2n) is 6.41. The maximum atomic E-state index is 12.5. The van der Waals surface area contributed by atoms with Gasteiger partial charge in [0.2, 0.25) is 5.91 Å². The highest BCUT2D eigenvalue weighted by Gasteiger charge is 2.52. The predicted molar refractivity (Wildman–Crippen MR) is 76.5 cm³/mol. The van der Waals surface area contributed by atoms with Gasteiger partial charge in [-0.25, -0.2) is 4.79 Å². The molecule has 4 amide bonds. The summed E-state index contributed by atoms with van der Waals surface area (Å²) in [5, 5.41) is 2.82. The lowest BCUT2D eigenvalue weighted by molar-refractivity contribution is -0.138. The first-order chi connectivity index (χ1) is 10.1. The van der Waals surface area contributed by atoms with Gasteiger partial charge in [0.15, 0.2) is 0 Å². The van der Waals surface area contributed by atoms with Gasteiger partial charge in [0.25, 0.3) is 5.91 Å². The van der Waals surface area contributed by atoms with Crippen LogP contribution in [0.5, 0.6) is 0 Å². The zero-order chi connectivity index (χ0) is 14.9. The van der Waals surface area contributed by atoms with Crippen LogP contribution in [0.3, 0.4) is 0 Å². The van der Waals surface area contributed by atoms with E-state index >= 15 is 0 Å². The van der Waals surface area contributed by atoms with Gasteiger partial charge in [0.05, 0.1) is 0 Å². The molecule has 0 bridgehead atoms.